The number of carboxylic acids is 1. The van der Waals surface area contributed by atoms with Gasteiger partial charge in [-0.05, 0) is 38.5 Å². The van der Waals surface area contributed by atoms with Gasteiger partial charge in [-0.15, -0.1) is 0 Å². The number of unbranched alkanes of at least 4 members (excludes halogenated alkanes) is 27. The summed E-state index contributed by atoms with van der Waals surface area (Å²) in [5, 5.41) is 11.6. The molecule has 0 aromatic carbocycles. The van der Waals surface area contributed by atoms with Crippen LogP contribution in [0.3, 0.4) is 0 Å². The molecule has 0 saturated heterocycles. The minimum absolute atomic E-state index is 0.0426. The molecule has 0 aromatic heterocycles. The largest absolute Gasteiger partial charge is 0.544 e. The van der Waals surface area contributed by atoms with Crippen LogP contribution >= 0.6 is 0 Å². The number of nitrogens with zero attached hydrogens (tertiary/aromatic N) is 1. The second-order valence-corrected chi connectivity index (χ2v) is 18.0. The molecule has 0 aliphatic carbocycles. The van der Waals surface area contributed by atoms with Gasteiger partial charge in [0.15, 0.2) is 6.10 Å². The van der Waals surface area contributed by atoms with Crippen LogP contribution in [0, 0.1) is 0 Å². The van der Waals surface area contributed by atoms with Gasteiger partial charge in [0.05, 0.1) is 40.3 Å². The van der Waals surface area contributed by atoms with Gasteiger partial charge in [0.1, 0.15) is 12.6 Å². The van der Waals surface area contributed by atoms with Gasteiger partial charge < -0.3 is 28.6 Å². The number of aliphatic carboxylic acids is 1. The van der Waals surface area contributed by atoms with Crippen LogP contribution in [0.15, 0.2) is 24.3 Å². The summed E-state index contributed by atoms with van der Waals surface area (Å²) in [7, 11) is 5.42. The average molecular weight is 834 g/mol. The van der Waals surface area contributed by atoms with Gasteiger partial charge in [0.25, 0.3) is 0 Å². The highest BCUT2D eigenvalue weighted by molar-refractivity contribution is 5.70. The molecule has 0 radical (unpaired) electrons. The van der Waals surface area contributed by atoms with Crippen LogP contribution in [0.1, 0.15) is 232 Å². The zero-order valence-electron chi connectivity index (χ0n) is 39.4. The molecule has 0 spiro atoms. The van der Waals surface area contributed by atoms with E-state index in [2.05, 4.69) is 38.2 Å². The maximum Gasteiger partial charge on any atom is 0.306 e. The third kappa shape index (κ3) is 41.0. The van der Waals surface area contributed by atoms with E-state index in [4.69, 9.17) is 14.2 Å². The molecule has 0 N–H and O–H groups in total. The van der Waals surface area contributed by atoms with Crippen LogP contribution < -0.4 is 5.11 Å². The Hall–Kier alpha value is -2.19. The molecule has 0 aliphatic heterocycles. The molecular formula is C51H95NO7. The van der Waals surface area contributed by atoms with Crippen molar-refractivity contribution >= 4 is 17.9 Å². The average Bonchev–Trinajstić information content (AvgIpc) is 3.19. The van der Waals surface area contributed by atoms with Crippen molar-refractivity contribution in [3.05, 3.63) is 24.3 Å². The van der Waals surface area contributed by atoms with Crippen LogP contribution in [0.25, 0.3) is 0 Å². The number of rotatable bonds is 45. The SMILES string of the molecule is CC/C=C/C/C=C/CCCCCCCCCC(=O)OCC(COCCC(C(=O)[O-])[N+](C)(C)C)OC(=O)CCCCCCCCCCCCCCCCCCCCCCC. The van der Waals surface area contributed by atoms with Gasteiger partial charge >= 0.3 is 11.9 Å². The van der Waals surface area contributed by atoms with Crippen molar-refractivity contribution < 1.29 is 38.2 Å². The molecule has 0 aliphatic rings. The Labute approximate surface area is 364 Å². The number of allylic oxidation sites excluding steroid dienone is 4. The summed E-state index contributed by atoms with van der Waals surface area (Å²) in [6.07, 6.45) is 47.8. The van der Waals surface area contributed by atoms with Crippen LogP contribution in [0.2, 0.25) is 0 Å². The van der Waals surface area contributed by atoms with Crippen molar-refractivity contribution in [1.29, 1.82) is 0 Å². The van der Waals surface area contributed by atoms with Crippen molar-refractivity contribution in [3.8, 4) is 0 Å². The molecule has 8 heteroatoms. The summed E-state index contributed by atoms with van der Waals surface area (Å²) in [5.41, 5.74) is 0. The minimum atomic E-state index is -1.12. The van der Waals surface area contributed by atoms with Crippen LogP contribution in [0.5, 0.6) is 0 Å². The zero-order chi connectivity index (χ0) is 43.5. The molecule has 59 heavy (non-hydrogen) atoms. The van der Waals surface area contributed by atoms with E-state index in [0.717, 1.165) is 57.8 Å². The molecule has 0 rings (SSSR count). The third-order valence-electron chi connectivity index (χ3n) is 11.4. The molecule has 0 heterocycles. The molecule has 0 saturated carbocycles. The Kier molecular flexibility index (Phi) is 40.9. The highest BCUT2D eigenvalue weighted by atomic mass is 16.6. The number of carbonyl (C=O) groups excluding carboxylic acids is 3. The summed E-state index contributed by atoms with van der Waals surface area (Å²) < 4.78 is 17.2. The van der Waals surface area contributed by atoms with Crippen LogP contribution in [0.4, 0.5) is 0 Å². The van der Waals surface area contributed by atoms with Crippen molar-refractivity contribution in [2.45, 2.75) is 244 Å². The van der Waals surface area contributed by atoms with E-state index in [1.807, 2.05) is 0 Å². The number of ether oxygens (including phenoxy) is 3. The highest BCUT2D eigenvalue weighted by Crippen LogP contribution is 2.16. The molecule has 346 valence electrons. The zero-order valence-corrected chi connectivity index (χ0v) is 39.4. The molecule has 0 aromatic rings. The maximum atomic E-state index is 12.8. The van der Waals surface area contributed by atoms with Gasteiger partial charge in [0, 0.05) is 19.3 Å². The number of hydrogen-bond donors (Lipinski definition) is 0. The predicted octanol–water partition coefficient (Wildman–Crippen LogP) is 12.7. The lowest BCUT2D eigenvalue weighted by Crippen LogP contribution is -2.55. The topological polar surface area (TPSA) is 102 Å². The molecule has 0 bridgehead atoms. The number of quaternary nitrogens is 1. The van der Waals surface area contributed by atoms with E-state index in [-0.39, 0.29) is 42.7 Å². The second kappa shape index (κ2) is 42.5. The molecule has 8 nitrogen and oxygen atoms in total. The van der Waals surface area contributed by atoms with Gasteiger partial charge in [0.2, 0.25) is 0 Å². The Morgan fingerprint density at radius 2 is 0.949 bits per heavy atom. The summed E-state index contributed by atoms with van der Waals surface area (Å²) in [6.45, 7) is 4.58. The van der Waals surface area contributed by atoms with Crippen LogP contribution in [-0.2, 0) is 28.6 Å². The third-order valence-corrected chi connectivity index (χ3v) is 11.4. The molecule has 2 unspecified atom stereocenters. The first-order chi connectivity index (χ1) is 28.6. The van der Waals surface area contributed by atoms with E-state index in [0.29, 0.717) is 12.8 Å². The lowest BCUT2D eigenvalue weighted by Gasteiger charge is -2.34. The Balaban J connectivity index is 4.20. The normalized spacial score (nSPS) is 13.0. The number of carbonyl (C=O) groups is 3. The Morgan fingerprint density at radius 3 is 1.39 bits per heavy atom. The minimum Gasteiger partial charge on any atom is -0.544 e. The Bertz CT molecular complexity index is 1020. The fourth-order valence-electron chi connectivity index (χ4n) is 7.52. The van der Waals surface area contributed by atoms with Gasteiger partial charge in [-0.25, -0.2) is 0 Å². The van der Waals surface area contributed by atoms with Crippen molar-refractivity contribution in [2.75, 3.05) is 41.0 Å². The molecular weight excluding hydrogens is 739 g/mol. The lowest BCUT2D eigenvalue weighted by molar-refractivity contribution is -0.889. The van der Waals surface area contributed by atoms with Gasteiger partial charge in [-0.3, -0.25) is 9.59 Å². The monoisotopic (exact) mass is 834 g/mol. The first-order valence-electron chi connectivity index (χ1n) is 24.9. The van der Waals surface area contributed by atoms with E-state index < -0.39 is 18.1 Å². The summed E-state index contributed by atoms with van der Waals surface area (Å²) in [6, 6.07) is -0.724. The lowest BCUT2D eigenvalue weighted by atomic mass is 10.0. The number of hydrogen-bond acceptors (Lipinski definition) is 7. The fraction of sp³-hybridized carbons (Fsp3) is 0.863. The summed E-state index contributed by atoms with van der Waals surface area (Å²) >= 11 is 0. The molecule has 2 atom stereocenters. The fourth-order valence-corrected chi connectivity index (χ4v) is 7.52. The van der Waals surface area contributed by atoms with E-state index >= 15 is 0 Å². The van der Waals surface area contributed by atoms with Crippen molar-refractivity contribution in [2.24, 2.45) is 0 Å². The second-order valence-electron chi connectivity index (χ2n) is 18.0. The van der Waals surface area contributed by atoms with Gasteiger partial charge in [-0.1, -0.05) is 199 Å². The summed E-state index contributed by atoms with van der Waals surface area (Å²) in [4.78, 5) is 37.0. The van der Waals surface area contributed by atoms with Crippen LogP contribution in [-0.4, -0.2) is 75.5 Å². The highest BCUT2D eigenvalue weighted by Gasteiger charge is 2.25. The Morgan fingerprint density at radius 1 is 0.525 bits per heavy atom. The first kappa shape index (κ1) is 56.8. The smallest absolute Gasteiger partial charge is 0.306 e. The summed E-state index contributed by atoms with van der Waals surface area (Å²) in [5.74, 6) is -1.73. The quantitative estimate of drug-likeness (QED) is 0.0260. The van der Waals surface area contributed by atoms with Crippen molar-refractivity contribution in [3.63, 3.8) is 0 Å². The first-order valence-corrected chi connectivity index (χ1v) is 24.9. The molecule has 0 amide bonds. The molecule has 0 fully saturated rings. The van der Waals surface area contributed by atoms with E-state index in [1.165, 1.54) is 141 Å². The van der Waals surface area contributed by atoms with Crippen molar-refractivity contribution in [1.82, 2.24) is 0 Å². The van der Waals surface area contributed by atoms with E-state index in [1.54, 1.807) is 21.1 Å². The standard InChI is InChI=1S/C51H95NO7/c1-6-8-10-12-14-16-18-20-22-23-24-25-26-27-28-30-32-34-36-38-40-42-50(54)59-47(45-57-44-43-48(51(55)56)52(3,4)5)46-58-49(53)41-39-37-35-33-31-29-21-19-17-15-13-11-9-7-2/h9,11,15,17,47-48H,6-8,10,12-14,16,18-46H2,1-5H3/b11-9+,17-15+. The van der Waals surface area contributed by atoms with E-state index in [9.17, 15) is 19.5 Å². The predicted molar refractivity (Wildman–Crippen MR) is 245 cm³/mol. The number of carboxylic acid groups (broad SMARTS) is 1. The number of esters is 2. The number of likely N-dealkylation sites (N-methyl/N-ethyl adjacent to an activating group) is 1. The van der Waals surface area contributed by atoms with Gasteiger partial charge in [-0.2, -0.15) is 0 Å². The maximum absolute atomic E-state index is 12.8.